The molecule has 0 aliphatic rings. The Morgan fingerprint density at radius 2 is 1.50 bits per heavy atom. The van der Waals surface area contributed by atoms with Gasteiger partial charge in [-0.2, -0.15) is 0 Å². The van der Waals surface area contributed by atoms with Crippen molar-refractivity contribution in [2.45, 2.75) is 46.0 Å². The highest BCUT2D eigenvalue weighted by Crippen LogP contribution is 2.16. The SMILES string of the molecule is CCCC(C)CCc1cccc(Cc2ccccc2)c1. The minimum absolute atomic E-state index is 0.845. The molecule has 0 N–H and O–H groups in total. The summed E-state index contributed by atoms with van der Waals surface area (Å²) in [6, 6.07) is 19.8. The molecule has 106 valence electrons. The maximum absolute atomic E-state index is 2.38. The van der Waals surface area contributed by atoms with E-state index in [1.807, 2.05) is 0 Å². The Balaban J connectivity index is 1.94. The molecule has 1 atom stereocenters. The number of benzene rings is 2. The molecule has 0 heteroatoms. The van der Waals surface area contributed by atoms with Crippen LogP contribution in [0.15, 0.2) is 54.6 Å². The Kier molecular flexibility index (Phi) is 5.86. The van der Waals surface area contributed by atoms with Crippen molar-refractivity contribution in [3.05, 3.63) is 71.3 Å². The van der Waals surface area contributed by atoms with Gasteiger partial charge in [0.25, 0.3) is 0 Å². The van der Waals surface area contributed by atoms with Gasteiger partial charge in [0, 0.05) is 0 Å². The maximum atomic E-state index is 2.38. The van der Waals surface area contributed by atoms with Crippen LogP contribution in [0.5, 0.6) is 0 Å². The van der Waals surface area contributed by atoms with E-state index in [9.17, 15) is 0 Å². The molecule has 0 aliphatic heterocycles. The van der Waals surface area contributed by atoms with Gasteiger partial charge in [0.1, 0.15) is 0 Å². The van der Waals surface area contributed by atoms with E-state index in [4.69, 9.17) is 0 Å². The van der Waals surface area contributed by atoms with Gasteiger partial charge in [0.05, 0.1) is 0 Å². The van der Waals surface area contributed by atoms with Crippen molar-refractivity contribution >= 4 is 0 Å². The van der Waals surface area contributed by atoms with Gasteiger partial charge in [0.2, 0.25) is 0 Å². The number of hydrogen-bond acceptors (Lipinski definition) is 0. The number of hydrogen-bond donors (Lipinski definition) is 0. The van der Waals surface area contributed by atoms with Crippen LogP contribution < -0.4 is 0 Å². The molecule has 0 radical (unpaired) electrons. The van der Waals surface area contributed by atoms with Gasteiger partial charge in [-0.05, 0) is 41.9 Å². The summed E-state index contributed by atoms with van der Waals surface area (Å²) in [4.78, 5) is 0. The Bertz CT molecular complexity index is 498. The first-order valence-electron chi connectivity index (χ1n) is 7.89. The van der Waals surface area contributed by atoms with Gasteiger partial charge in [-0.15, -0.1) is 0 Å². The van der Waals surface area contributed by atoms with Gasteiger partial charge in [-0.25, -0.2) is 0 Å². The Hall–Kier alpha value is -1.56. The lowest BCUT2D eigenvalue weighted by atomic mass is 9.95. The molecule has 0 saturated carbocycles. The van der Waals surface area contributed by atoms with Crippen LogP contribution in [0.1, 0.15) is 49.8 Å². The summed E-state index contributed by atoms with van der Waals surface area (Å²) in [5.74, 6) is 0.845. The number of aryl methyl sites for hydroxylation is 1. The monoisotopic (exact) mass is 266 g/mol. The van der Waals surface area contributed by atoms with Crippen LogP contribution in [-0.2, 0) is 12.8 Å². The lowest BCUT2D eigenvalue weighted by Gasteiger charge is -2.10. The van der Waals surface area contributed by atoms with Crippen molar-refractivity contribution in [1.82, 2.24) is 0 Å². The average molecular weight is 266 g/mol. The fraction of sp³-hybridized carbons (Fsp3) is 0.400. The largest absolute Gasteiger partial charge is 0.0654 e. The molecule has 0 amide bonds. The van der Waals surface area contributed by atoms with E-state index in [-0.39, 0.29) is 0 Å². The molecule has 0 aliphatic carbocycles. The van der Waals surface area contributed by atoms with E-state index >= 15 is 0 Å². The lowest BCUT2D eigenvalue weighted by molar-refractivity contribution is 0.486. The maximum Gasteiger partial charge on any atom is -0.00257 e. The molecule has 0 heterocycles. The van der Waals surface area contributed by atoms with Crippen LogP contribution in [0.3, 0.4) is 0 Å². The smallest absolute Gasteiger partial charge is 0.00257 e. The van der Waals surface area contributed by atoms with Crippen LogP contribution in [0.25, 0.3) is 0 Å². The lowest BCUT2D eigenvalue weighted by Crippen LogP contribution is -1.97. The highest BCUT2D eigenvalue weighted by molar-refractivity contribution is 5.29. The second-order valence-corrected chi connectivity index (χ2v) is 5.91. The number of rotatable bonds is 7. The van der Waals surface area contributed by atoms with Gasteiger partial charge in [-0.3, -0.25) is 0 Å². The summed E-state index contributed by atoms with van der Waals surface area (Å²) in [6.07, 6.45) is 6.21. The van der Waals surface area contributed by atoms with Crippen molar-refractivity contribution < 1.29 is 0 Å². The first-order valence-corrected chi connectivity index (χ1v) is 7.89. The van der Waals surface area contributed by atoms with E-state index in [1.54, 1.807) is 0 Å². The van der Waals surface area contributed by atoms with E-state index < -0.39 is 0 Å². The zero-order valence-corrected chi connectivity index (χ0v) is 12.8. The van der Waals surface area contributed by atoms with E-state index in [0.717, 1.165) is 12.3 Å². The predicted molar refractivity (Wildman–Crippen MR) is 88.1 cm³/mol. The van der Waals surface area contributed by atoms with Crippen LogP contribution >= 0.6 is 0 Å². The van der Waals surface area contributed by atoms with E-state index in [2.05, 4.69) is 68.4 Å². The Labute approximate surface area is 123 Å². The van der Waals surface area contributed by atoms with Gasteiger partial charge in [-0.1, -0.05) is 81.3 Å². The molecule has 0 saturated heterocycles. The molecule has 2 aromatic carbocycles. The quantitative estimate of drug-likeness (QED) is 0.608. The minimum atomic E-state index is 0.845. The molecule has 0 bridgehead atoms. The van der Waals surface area contributed by atoms with Gasteiger partial charge in [0.15, 0.2) is 0 Å². The molecule has 1 unspecified atom stereocenters. The topological polar surface area (TPSA) is 0 Å². The summed E-state index contributed by atoms with van der Waals surface area (Å²) in [7, 11) is 0. The van der Waals surface area contributed by atoms with Crippen LogP contribution in [0.4, 0.5) is 0 Å². The third-order valence-corrected chi connectivity index (χ3v) is 3.95. The fourth-order valence-corrected chi connectivity index (χ4v) is 2.78. The fourth-order valence-electron chi connectivity index (χ4n) is 2.78. The first kappa shape index (κ1) is 14.8. The van der Waals surface area contributed by atoms with E-state index in [0.29, 0.717) is 0 Å². The predicted octanol–water partition coefficient (Wildman–Crippen LogP) is 5.65. The summed E-state index contributed by atoms with van der Waals surface area (Å²) < 4.78 is 0. The van der Waals surface area contributed by atoms with Crippen molar-refractivity contribution in [3.63, 3.8) is 0 Å². The Morgan fingerprint density at radius 1 is 0.800 bits per heavy atom. The van der Waals surface area contributed by atoms with Crippen LogP contribution in [0, 0.1) is 5.92 Å². The summed E-state index contributed by atoms with van der Waals surface area (Å²) >= 11 is 0. The minimum Gasteiger partial charge on any atom is -0.0654 e. The normalized spacial score (nSPS) is 12.3. The van der Waals surface area contributed by atoms with Crippen molar-refractivity contribution in [1.29, 1.82) is 0 Å². The highest BCUT2D eigenvalue weighted by Gasteiger charge is 2.03. The zero-order valence-electron chi connectivity index (χ0n) is 12.8. The van der Waals surface area contributed by atoms with Crippen molar-refractivity contribution in [3.8, 4) is 0 Å². The Morgan fingerprint density at radius 3 is 2.25 bits per heavy atom. The molecule has 0 fully saturated rings. The second kappa shape index (κ2) is 7.89. The third kappa shape index (κ3) is 4.85. The van der Waals surface area contributed by atoms with Crippen LogP contribution in [0.2, 0.25) is 0 Å². The molecular weight excluding hydrogens is 240 g/mol. The second-order valence-electron chi connectivity index (χ2n) is 5.91. The molecule has 2 rings (SSSR count). The standard InChI is InChI=1S/C20H26/c1-3-8-17(2)13-14-19-11-7-12-20(16-19)15-18-9-5-4-6-10-18/h4-7,9-12,16-17H,3,8,13-15H2,1-2H3. The molecule has 0 aromatic heterocycles. The van der Waals surface area contributed by atoms with E-state index in [1.165, 1.54) is 42.4 Å². The summed E-state index contributed by atoms with van der Waals surface area (Å²) in [6.45, 7) is 4.65. The zero-order chi connectivity index (χ0) is 14.2. The molecule has 0 spiro atoms. The first-order chi connectivity index (χ1) is 9.78. The summed E-state index contributed by atoms with van der Waals surface area (Å²) in [5, 5.41) is 0. The molecule has 2 aromatic rings. The average Bonchev–Trinajstić information content (AvgIpc) is 2.47. The van der Waals surface area contributed by atoms with Gasteiger partial charge < -0.3 is 0 Å². The highest BCUT2D eigenvalue weighted by atomic mass is 14.1. The van der Waals surface area contributed by atoms with Crippen molar-refractivity contribution in [2.24, 2.45) is 5.92 Å². The van der Waals surface area contributed by atoms with Crippen LogP contribution in [-0.4, -0.2) is 0 Å². The molecule has 0 nitrogen and oxygen atoms in total. The molecule has 20 heavy (non-hydrogen) atoms. The van der Waals surface area contributed by atoms with Gasteiger partial charge >= 0.3 is 0 Å². The molecular formula is C20H26. The third-order valence-electron chi connectivity index (χ3n) is 3.95. The summed E-state index contributed by atoms with van der Waals surface area (Å²) in [5.41, 5.74) is 4.31. The van der Waals surface area contributed by atoms with Crippen molar-refractivity contribution in [2.75, 3.05) is 0 Å².